The summed E-state index contributed by atoms with van der Waals surface area (Å²) in [4.78, 5) is 20.4. The van der Waals surface area contributed by atoms with Crippen molar-refractivity contribution >= 4 is 23.2 Å². The summed E-state index contributed by atoms with van der Waals surface area (Å²) in [6, 6.07) is 12.0. The van der Waals surface area contributed by atoms with Gasteiger partial charge in [0.2, 0.25) is 11.9 Å². The Morgan fingerprint density at radius 3 is 2.56 bits per heavy atom. The molecule has 0 unspecified atom stereocenters. The number of hydrogen-bond donors (Lipinski definition) is 2. The SMILES string of the molecule is CC(=O)Nc1nc2c(-c3cccc(C(F)(F)F)c3)c(C)c(-c3ncnn3-c3ccc(N)cc3)cn2n1. The molecule has 0 atom stereocenters. The second kappa shape index (κ2) is 8.48. The van der Waals surface area contributed by atoms with Gasteiger partial charge in [-0.15, -0.1) is 5.10 Å². The molecule has 0 saturated heterocycles. The molecule has 3 aromatic heterocycles. The van der Waals surface area contributed by atoms with Gasteiger partial charge in [0.05, 0.1) is 11.3 Å². The Morgan fingerprint density at radius 1 is 1.11 bits per heavy atom. The number of carbonyl (C=O) groups excluding carboxylic acids is 1. The minimum Gasteiger partial charge on any atom is -0.399 e. The highest BCUT2D eigenvalue weighted by atomic mass is 19.4. The van der Waals surface area contributed by atoms with Gasteiger partial charge in [0.1, 0.15) is 6.33 Å². The highest BCUT2D eigenvalue weighted by molar-refractivity contribution is 5.89. The monoisotopic (exact) mass is 492 g/mol. The number of carbonyl (C=O) groups is 1. The van der Waals surface area contributed by atoms with Crippen LogP contribution in [-0.2, 0) is 11.0 Å². The average Bonchev–Trinajstić information content (AvgIpc) is 3.45. The molecule has 3 N–H and O–H groups in total. The number of alkyl halides is 3. The molecule has 0 spiro atoms. The molecule has 1 amide bonds. The van der Waals surface area contributed by atoms with Crippen molar-refractivity contribution in [2.75, 3.05) is 11.1 Å². The molecule has 0 aliphatic carbocycles. The van der Waals surface area contributed by atoms with Gasteiger partial charge in [0.25, 0.3) is 0 Å². The highest BCUT2D eigenvalue weighted by Crippen LogP contribution is 2.37. The number of amides is 1. The van der Waals surface area contributed by atoms with Crippen molar-refractivity contribution in [1.29, 1.82) is 0 Å². The lowest BCUT2D eigenvalue weighted by Crippen LogP contribution is -2.07. The third kappa shape index (κ3) is 4.13. The van der Waals surface area contributed by atoms with Crippen LogP contribution in [0.5, 0.6) is 0 Å². The van der Waals surface area contributed by atoms with Crippen molar-refractivity contribution in [3.8, 4) is 28.2 Å². The van der Waals surface area contributed by atoms with Gasteiger partial charge in [-0.2, -0.15) is 23.3 Å². The number of nitrogens with one attached hydrogen (secondary N) is 1. The van der Waals surface area contributed by atoms with E-state index in [1.54, 1.807) is 48.1 Å². The van der Waals surface area contributed by atoms with Gasteiger partial charge >= 0.3 is 6.18 Å². The number of hydrogen-bond acceptors (Lipinski definition) is 6. The summed E-state index contributed by atoms with van der Waals surface area (Å²) in [5.74, 6) is 0.0721. The van der Waals surface area contributed by atoms with E-state index in [2.05, 4.69) is 25.5 Å². The van der Waals surface area contributed by atoms with Gasteiger partial charge in [0, 0.05) is 29.9 Å². The van der Waals surface area contributed by atoms with E-state index < -0.39 is 11.7 Å². The predicted molar refractivity (Wildman–Crippen MR) is 127 cm³/mol. The Labute approximate surface area is 202 Å². The molecule has 9 nitrogen and oxygen atoms in total. The van der Waals surface area contributed by atoms with E-state index in [0.717, 1.165) is 12.1 Å². The number of aromatic nitrogens is 6. The Morgan fingerprint density at radius 2 is 1.86 bits per heavy atom. The normalized spacial score (nSPS) is 11.7. The summed E-state index contributed by atoms with van der Waals surface area (Å²) in [5.41, 5.74) is 8.42. The number of nitrogens with two attached hydrogens (primary N) is 1. The maximum absolute atomic E-state index is 13.5. The van der Waals surface area contributed by atoms with Crippen LogP contribution in [0.2, 0.25) is 0 Å². The number of rotatable bonds is 4. The van der Waals surface area contributed by atoms with E-state index in [1.807, 2.05) is 0 Å². The molecular formula is C24H19F3N8O. The summed E-state index contributed by atoms with van der Waals surface area (Å²) in [5, 5.41) is 11.2. The second-order valence-electron chi connectivity index (χ2n) is 8.09. The van der Waals surface area contributed by atoms with Crippen molar-refractivity contribution in [2.45, 2.75) is 20.0 Å². The smallest absolute Gasteiger partial charge is 0.399 e. The van der Waals surface area contributed by atoms with E-state index in [1.165, 1.54) is 23.8 Å². The molecule has 2 aromatic carbocycles. The molecule has 182 valence electrons. The van der Waals surface area contributed by atoms with Crippen LogP contribution >= 0.6 is 0 Å². The van der Waals surface area contributed by atoms with Gasteiger partial charge in [-0.3, -0.25) is 10.1 Å². The lowest BCUT2D eigenvalue weighted by molar-refractivity contribution is -0.137. The molecule has 12 heteroatoms. The molecule has 5 rings (SSSR count). The maximum atomic E-state index is 13.5. The summed E-state index contributed by atoms with van der Waals surface area (Å²) in [6.45, 7) is 3.07. The topological polar surface area (TPSA) is 116 Å². The van der Waals surface area contributed by atoms with Crippen LogP contribution in [0.1, 0.15) is 18.1 Å². The summed E-state index contributed by atoms with van der Waals surface area (Å²) in [7, 11) is 0. The number of pyridine rings is 1. The Balaban J connectivity index is 1.78. The molecule has 0 radical (unpaired) electrons. The predicted octanol–water partition coefficient (Wildman–Crippen LogP) is 4.51. The van der Waals surface area contributed by atoms with Crippen LogP contribution in [0, 0.1) is 6.92 Å². The van der Waals surface area contributed by atoms with E-state index >= 15 is 0 Å². The fourth-order valence-corrected chi connectivity index (χ4v) is 3.97. The summed E-state index contributed by atoms with van der Waals surface area (Å²) >= 11 is 0. The third-order valence-electron chi connectivity index (χ3n) is 5.58. The lowest BCUT2D eigenvalue weighted by atomic mass is 9.96. The van der Waals surface area contributed by atoms with E-state index in [-0.39, 0.29) is 23.1 Å². The largest absolute Gasteiger partial charge is 0.416 e. The molecule has 5 aromatic rings. The van der Waals surface area contributed by atoms with Crippen LogP contribution in [0.4, 0.5) is 24.8 Å². The van der Waals surface area contributed by atoms with Crippen molar-refractivity contribution in [1.82, 2.24) is 29.4 Å². The van der Waals surface area contributed by atoms with Gasteiger partial charge in [0.15, 0.2) is 11.5 Å². The molecule has 0 bridgehead atoms. The number of fused-ring (bicyclic) bond motifs is 1. The molecule has 0 aliphatic rings. The van der Waals surface area contributed by atoms with Crippen LogP contribution in [0.3, 0.4) is 0 Å². The van der Waals surface area contributed by atoms with Crippen molar-refractivity contribution in [3.63, 3.8) is 0 Å². The summed E-state index contributed by atoms with van der Waals surface area (Å²) < 4.78 is 43.5. The first kappa shape index (κ1) is 23.0. The highest BCUT2D eigenvalue weighted by Gasteiger charge is 2.31. The fourth-order valence-electron chi connectivity index (χ4n) is 3.97. The Hall–Kier alpha value is -4.74. The van der Waals surface area contributed by atoms with Crippen molar-refractivity contribution in [2.24, 2.45) is 0 Å². The van der Waals surface area contributed by atoms with Crippen LogP contribution in [0.15, 0.2) is 61.1 Å². The van der Waals surface area contributed by atoms with E-state index in [9.17, 15) is 18.0 Å². The quantitative estimate of drug-likeness (QED) is 0.357. The lowest BCUT2D eigenvalue weighted by Gasteiger charge is -2.15. The number of anilines is 2. The van der Waals surface area contributed by atoms with Crippen LogP contribution < -0.4 is 11.1 Å². The molecule has 3 heterocycles. The minimum atomic E-state index is -4.53. The van der Waals surface area contributed by atoms with Gasteiger partial charge in [-0.05, 0) is 54.4 Å². The number of halogens is 3. The summed E-state index contributed by atoms with van der Waals surface area (Å²) in [6.07, 6.45) is -1.50. The van der Waals surface area contributed by atoms with Crippen molar-refractivity contribution < 1.29 is 18.0 Å². The molecular weight excluding hydrogens is 473 g/mol. The number of benzene rings is 2. The van der Waals surface area contributed by atoms with E-state index in [0.29, 0.717) is 33.9 Å². The molecule has 36 heavy (non-hydrogen) atoms. The third-order valence-corrected chi connectivity index (χ3v) is 5.58. The van der Waals surface area contributed by atoms with Gasteiger partial charge in [-0.1, -0.05) is 12.1 Å². The van der Waals surface area contributed by atoms with Gasteiger partial charge < -0.3 is 5.73 Å². The first-order chi connectivity index (χ1) is 17.1. The molecule has 0 saturated carbocycles. The number of nitrogen functional groups attached to an aromatic ring is 1. The standard InChI is InChI=1S/C24H19F3N8O/c1-13-19(21-29-12-30-35(21)18-8-6-17(28)7-9-18)11-34-22(32-23(33-34)31-14(2)36)20(13)15-4-3-5-16(10-15)24(25,26)27/h3-12H,28H2,1-2H3,(H,31,33,36). The first-order valence-corrected chi connectivity index (χ1v) is 10.7. The van der Waals surface area contributed by atoms with Crippen LogP contribution in [-0.4, -0.2) is 35.3 Å². The zero-order valence-corrected chi connectivity index (χ0v) is 19.1. The maximum Gasteiger partial charge on any atom is 0.416 e. The van der Waals surface area contributed by atoms with E-state index in [4.69, 9.17) is 5.73 Å². The first-order valence-electron chi connectivity index (χ1n) is 10.7. The zero-order valence-electron chi connectivity index (χ0n) is 19.1. The molecule has 0 fully saturated rings. The Bertz CT molecular complexity index is 1600. The van der Waals surface area contributed by atoms with Crippen LogP contribution in [0.25, 0.3) is 33.8 Å². The second-order valence-corrected chi connectivity index (χ2v) is 8.09. The number of nitrogens with zero attached hydrogens (tertiary/aromatic N) is 6. The van der Waals surface area contributed by atoms with Crippen molar-refractivity contribution in [3.05, 3.63) is 72.2 Å². The van der Waals surface area contributed by atoms with Gasteiger partial charge in [-0.25, -0.2) is 14.2 Å². The zero-order chi connectivity index (χ0) is 25.6. The average molecular weight is 492 g/mol. The Kier molecular flexibility index (Phi) is 5.43. The molecule has 0 aliphatic heterocycles. The fraction of sp³-hybridized carbons (Fsp3) is 0.125. The minimum absolute atomic E-state index is 0.0206.